The van der Waals surface area contributed by atoms with Gasteiger partial charge >= 0.3 is 0 Å². The number of carbonyl (C=O) groups is 1. The molecule has 1 heterocycles. The van der Waals surface area contributed by atoms with Gasteiger partial charge in [0.25, 0.3) is 5.91 Å². The van der Waals surface area contributed by atoms with Crippen LogP contribution >= 0.6 is 39.3 Å². The Bertz CT molecular complexity index is 1300. The number of hydrogen-bond acceptors (Lipinski definition) is 5. The van der Waals surface area contributed by atoms with Gasteiger partial charge in [0.05, 0.1) is 22.7 Å². The Hall–Kier alpha value is -2.81. The van der Waals surface area contributed by atoms with Gasteiger partial charge in [-0.3, -0.25) is 9.69 Å². The lowest BCUT2D eigenvalue weighted by Gasteiger charge is -2.14. The summed E-state index contributed by atoms with van der Waals surface area (Å²) < 4.78 is 25.7. The maximum atomic E-state index is 13.2. The third-order valence-electron chi connectivity index (χ3n) is 5.10. The molecule has 9 heteroatoms. The Morgan fingerprint density at radius 1 is 1.14 bits per heavy atom. The summed E-state index contributed by atoms with van der Waals surface area (Å²) in [4.78, 5) is 19.6. The van der Waals surface area contributed by atoms with Crippen molar-refractivity contribution >= 4 is 62.1 Å². The van der Waals surface area contributed by atoms with Crippen LogP contribution in [0.4, 0.5) is 10.1 Å². The van der Waals surface area contributed by atoms with Crippen molar-refractivity contribution in [2.24, 2.45) is 4.99 Å². The van der Waals surface area contributed by atoms with E-state index in [1.165, 1.54) is 31.0 Å². The lowest BCUT2D eigenvalue weighted by Crippen LogP contribution is -2.28. The van der Waals surface area contributed by atoms with Gasteiger partial charge in [0.15, 0.2) is 16.7 Å². The van der Waals surface area contributed by atoms with Crippen molar-refractivity contribution < 1.29 is 18.7 Å². The molecule has 0 atom stereocenters. The molecule has 4 rings (SSSR count). The molecule has 0 N–H and O–H groups in total. The molecule has 0 aromatic heterocycles. The number of rotatable bonds is 7. The first-order valence-electron chi connectivity index (χ1n) is 10.7. The highest BCUT2D eigenvalue weighted by Gasteiger charge is 2.32. The molecule has 0 radical (unpaired) electrons. The summed E-state index contributed by atoms with van der Waals surface area (Å²) in [6.45, 7) is 2.65. The Labute approximate surface area is 220 Å². The highest BCUT2D eigenvalue weighted by atomic mass is 79.9. The number of halogens is 3. The van der Waals surface area contributed by atoms with E-state index in [1.54, 1.807) is 35.2 Å². The molecule has 0 bridgehead atoms. The number of methoxy groups -OCH3 is 1. The van der Waals surface area contributed by atoms with Crippen LogP contribution in [0.1, 0.15) is 18.1 Å². The van der Waals surface area contributed by atoms with Gasteiger partial charge in [-0.15, -0.1) is 0 Å². The van der Waals surface area contributed by atoms with Crippen molar-refractivity contribution in [3.05, 3.63) is 92.0 Å². The normalized spacial score (nSPS) is 15.8. The number of thioether (sulfide) groups is 1. The van der Waals surface area contributed by atoms with Gasteiger partial charge in [-0.1, -0.05) is 39.7 Å². The molecule has 3 aromatic rings. The van der Waals surface area contributed by atoms with Crippen molar-refractivity contribution in [2.75, 3.05) is 13.7 Å². The zero-order valence-electron chi connectivity index (χ0n) is 18.9. The number of ether oxygens (including phenoxy) is 2. The van der Waals surface area contributed by atoms with E-state index in [2.05, 4.69) is 20.9 Å². The lowest BCUT2D eigenvalue weighted by molar-refractivity contribution is -0.122. The molecule has 3 aromatic carbocycles. The molecule has 180 valence electrons. The van der Waals surface area contributed by atoms with Gasteiger partial charge in [0, 0.05) is 11.0 Å². The van der Waals surface area contributed by atoms with E-state index in [1.807, 2.05) is 31.2 Å². The van der Waals surface area contributed by atoms with E-state index in [9.17, 15) is 9.18 Å². The minimum Gasteiger partial charge on any atom is -0.493 e. The molecule has 0 spiro atoms. The first kappa shape index (κ1) is 25.3. The van der Waals surface area contributed by atoms with Gasteiger partial charge in [0.1, 0.15) is 12.4 Å². The minimum atomic E-state index is -0.341. The molecular weight excluding hydrogens is 555 g/mol. The lowest BCUT2D eigenvalue weighted by atomic mass is 10.1. The van der Waals surface area contributed by atoms with Gasteiger partial charge < -0.3 is 9.47 Å². The van der Waals surface area contributed by atoms with Crippen LogP contribution in [0.25, 0.3) is 6.08 Å². The summed E-state index contributed by atoms with van der Waals surface area (Å²) >= 11 is 11.2. The second-order valence-electron chi connectivity index (χ2n) is 7.48. The topological polar surface area (TPSA) is 51.1 Å². The van der Waals surface area contributed by atoms with Crippen molar-refractivity contribution in [3.8, 4) is 11.5 Å². The van der Waals surface area contributed by atoms with Crippen LogP contribution in [0.5, 0.6) is 11.5 Å². The second-order valence-corrected chi connectivity index (χ2v) is 9.81. The first-order valence-corrected chi connectivity index (χ1v) is 12.7. The molecule has 0 saturated carbocycles. The van der Waals surface area contributed by atoms with Crippen LogP contribution in [-0.2, 0) is 11.4 Å². The molecule has 0 aliphatic carbocycles. The van der Waals surface area contributed by atoms with Gasteiger partial charge in [-0.05, 0) is 84.4 Å². The molecule has 1 amide bonds. The largest absolute Gasteiger partial charge is 0.493 e. The van der Waals surface area contributed by atoms with Crippen LogP contribution < -0.4 is 9.47 Å². The van der Waals surface area contributed by atoms with Crippen LogP contribution in [0.15, 0.2) is 75.0 Å². The number of benzene rings is 3. The van der Waals surface area contributed by atoms with Crippen LogP contribution in [-0.4, -0.2) is 29.6 Å². The number of nitrogens with zero attached hydrogens (tertiary/aromatic N) is 2. The van der Waals surface area contributed by atoms with Gasteiger partial charge in [-0.25, -0.2) is 9.38 Å². The Morgan fingerprint density at radius 2 is 1.86 bits per heavy atom. The molecule has 35 heavy (non-hydrogen) atoms. The fourth-order valence-electron chi connectivity index (χ4n) is 3.35. The van der Waals surface area contributed by atoms with E-state index in [4.69, 9.17) is 21.1 Å². The zero-order valence-corrected chi connectivity index (χ0v) is 22.1. The predicted octanol–water partition coefficient (Wildman–Crippen LogP) is 7.45. The van der Waals surface area contributed by atoms with Crippen molar-refractivity contribution in [3.63, 3.8) is 0 Å². The fraction of sp³-hybridized carbons (Fsp3) is 0.154. The van der Waals surface area contributed by atoms with E-state index in [0.717, 1.165) is 10.0 Å². The molecule has 1 saturated heterocycles. The highest BCUT2D eigenvalue weighted by molar-refractivity contribution is 9.10. The van der Waals surface area contributed by atoms with Gasteiger partial charge in [-0.2, -0.15) is 0 Å². The smallest absolute Gasteiger partial charge is 0.266 e. The van der Waals surface area contributed by atoms with E-state index in [-0.39, 0.29) is 11.7 Å². The number of amides is 1. The van der Waals surface area contributed by atoms with Crippen LogP contribution in [0, 0.1) is 5.82 Å². The summed E-state index contributed by atoms with van der Waals surface area (Å²) in [6, 6.07) is 17.1. The standard InChI is InChI=1S/C26H21BrClFN2O3S/c1-3-31-25(32)23(35-26(31)30-20-10-8-19(29)9-11-20)14-17-12-21(28)24(22(13-17)33-2)34-15-16-4-6-18(27)7-5-16/h4-14H,3,15H2,1-2H3/b23-14+,30-26?. The monoisotopic (exact) mass is 574 g/mol. The third kappa shape index (κ3) is 6.07. The van der Waals surface area contributed by atoms with Crippen molar-refractivity contribution in [1.82, 2.24) is 4.90 Å². The van der Waals surface area contributed by atoms with Gasteiger partial charge in [0.2, 0.25) is 0 Å². The number of likely N-dealkylation sites (N-methyl/N-ethyl adjacent to an activating group) is 1. The summed E-state index contributed by atoms with van der Waals surface area (Å²) in [5, 5.41) is 0.902. The average molecular weight is 576 g/mol. The Morgan fingerprint density at radius 3 is 2.51 bits per heavy atom. The molecule has 0 unspecified atom stereocenters. The van der Waals surface area contributed by atoms with E-state index >= 15 is 0 Å². The molecule has 1 aliphatic heterocycles. The van der Waals surface area contributed by atoms with Crippen LogP contribution in [0.3, 0.4) is 0 Å². The predicted molar refractivity (Wildman–Crippen MR) is 143 cm³/mol. The van der Waals surface area contributed by atoms with Crippen LogP contribution in [0.2, 0.25) is 5.02 Å². The van der Waals surface area contributed by atoms with E-state index < -0.39 is 0 Å². The Balaban J connectivity index is 1.58. The molecule has 5 nitrogen and oxygen atoms in total. The minimum absolute atomic E-state index is 0.163. The second kappa shape index (κ2) is 11.3. The number of hydrogen-bond donors (Lipinski definition) is 0. The Kier molecular flexibility index (Phi) is 8.15. The van der Waals surface area contributed by atoms with E-state index in [0.29, 0.717) is 51.0 Å². The average Bonchev–Trinajstić information content (AvgIpc) is 3.14. The number of carbonyl (C=O) groups excluding carboxylic acids is 1. The number of amidine groups is 1. The third-order valence-corrected chi connectivity index (χ3v) is 6.92. The van der Waals surface area contributed by atoms with Crippen molar-refractivity contribution in [1.29, 1.82) is 0 Å². The highest BCUT2D eigenvalue weighted by Crippen LogP contribution is 2.39. The molecule has 1 fully saturated rings. The maximum Gasteiger partial charge on any atom is 0.266 e. The summed E-state index contributed by atoms with van der Waals surface area (Å²) in [6.07, 6.45) is 1.75. The SMILES string of the molecule is CCN1C(=O)/C(=C\c2cc(Cl)c(OCc3ccc(Br)cc3)c(OC)c2)SC1=Nc1ccc(F)cc1. The van der Waals surface area contributed by atoms with Crippen molar-refractivity contribution in [2.45, 2.75) is 13.5 Å². The summed E-state index contributed by atoms with van der Waals surface area (Å²) in [7, 11) is 1.54. The summed E-state index contributed by atoms with van der Waals surface area (Å²) in [5.74, 6) is 0.388. The molecular formula is C26H21BrClFN2O3S. The number of aliphatic imine (C=N–C) groups is 1. The molecule has 1 aliphatic rings. The fourth-order valence-corrected chi connectivity index (χ4v) is 4.95. The summed E-state index contributed by atoms with van der Waals surface area (Å²) in [5.41, 5.74) is 2.24. The first-order chi connectivity index (χ1) is 16.9. The quantitative estimate of drug-likeness (QED) is 0.275. The maximum absolute atomic E-state index is 13.2. The zero-order chi connectivity index (χ0) is 24.9.